The second kappa shape index (κ2) is 6.75. The molecule has 0 radical (unpaired) electrons. The van der Waals surface area contributed by atoms with Crippen LogP contribution in [0.5, 0.6) is 0 Å². The second-order valence-electron chi connectivity index (χ2n) is 7.31. The van der Waals surface area contributed by atoms with Crippen molar-refractivity contribution in [3.05, 3.63) is 29.8 Å². The Morgan fingerprint density at radius 3 is 2.50 bits per heavy atom. The number of aryl methyl sites for hydroxylation is 1. The lowest BCUT2D eigenvalue weighted by atomic mass is 9.82. The van der Waals surface area contributed by atoms with Crippen LogP contribution in [0.4, 0.5) is 0 Å². The molecule has 0 aromatic heterocycles. The Morgan fingerprint density at radius 1 is 1.21 bits per heavy atom. The number of piperidine rings is 1. The molecule has 1 atom stereocenters. The molecular weight excluding hydrogens is 324 g/mol. The molecule has 2 aliphatic heterocycles. The monoisotopic (exact) mass is 352 g/mol. The standard InChI is InChI=1S/C18H28N2O3S/c1-15-6-4-5-7-17(15)24(21,22)20-11-9-18(10-12-20)14-16(19(2)3)8-13-23-18/h4-7,16H,8-14H2,1-3H3/t16-/m1/s1. The molecule has 0 N–H and O–H groups in total. The minimum Gasteiger partial charge on any atom is -0.375 e. The summed E-state index contributed by atoms with van der Waals surface area (Å²) in [5, 5.41) is 0. The molecule has 0 unspecified atom stereocenters. The van der Waals surface area contributed by atoms with Gasteiger partial charge < -0.3 is 9.64 Å². The molecule has 2 aliphatic rings. The summed E-state index contributed by atoms with van der Waals surface area (Å²) in [6.45, 7) is 3.70. The molecule has 0 saturated carbocycles. The van der Waals surface area contributed by atoms with Crippen LogP contribution in [0.15, 0.2) is 29.2 Å². The molecule has 1 aromatic rings. The van der Waals surface area contributed by atoms with Crippen molar-refractivity contribution >= 4 is 10.0 Å². The molecule has 24 heavy (non-hydrogen) atoms. The van der Waals surface area contributed by atoms with Crippen LogP contribution in [0.25, 0.3) is 0 Å². The highest BCUT2D eigenvalue weighted by atomic mass is 32.2. The molecule has 0 bridgehead atoms. The Morgan fingerprint density at radius 2 is 1.88 bits per heavy atom. The number of benzene rings is 1. The zero-order valence-corrected chi connectivity index (χ0v) is 15.7. The first-order valence-corrected chi connectivity index (χ1v) is 10.1. The molecule has 2 fully saturated rings. The van der Waals surface area contributed by atoms with Crippen molar-refractivity contribution in [1.29, 1.82) is 0 Å². The predicted octanol–water partition coefficient (Wildman–Crippen LogP) is 2.26. The average Bonchev–Trinajstić information content (AvgIpc) is 2.55. The maximum atomic E-state index is 12.9. The van der Waals surface area contributed by atoms with Crippen LogP contribution < -0.4 is 0 Å². The van der Waals surface area contributed by atoms with Crippen molar-refractivity contribution in [2.24, 2.45) is 0 Å². The summed E-state index contributed by atoms with van der Waals surface area (Å²) in [6, 6.07) is 7.74. The third-order valence-electron chi connectivity index (χ3n) is 5.54. The minimum absolute atomic E-state index is 0.148. The molecule has 1 aromatic carbocycles. The highest BCUT2D eigenvalue weighted by Crippen LogP contribution is 2.37. The van der Waals surface area contributed by atoms with Crippen LogP contribution in [-0.4, -0.2) is 63.1 Å². The van der Waals surface area contributed by atoms with Gasteiger partial charge in [-0.05, 0) is 58.3 Å². The molecule has 3 rings (SSSR count). The van der Waals surface area contributed by atoms with Gasteiger partial charge in [0.1, 0.15) is 0 Å². The van der Waals surface area contributed by atoms with Crippen LogP contribution in [0, 0.1) is 6.92 Å². The van der Waals surface area contributed by atoms with Gasteiger partial charge in [0, 0.05) is 25.7 Å². The lowest BCUT2D eigenvalue weighted by Crippen LogP contribution is -2.53. The number of ether oxygens (including phenoxy) is 1. The van der Waals surface area contributed by atoms with Crippen LogP contribution in [0.3, 0.4) is 0 Å². The van der Waals surface area contributed by atoms with Crippen molar-refractivity contribution in [3.63, 3.8) is 0 Å². The Kier molecular flexibility index (Phi) is 5.02. The number of nitrogens with zero attached hydrogens (tertiary/aromatic N) is 2. The van der Waals surface area contributed by atoms with Gasteiger partial charge in [0.15, 0.2) is 0 Å². The Bertz CT molecular complexity index is 679. The molecule has 0 amide bonds. The maximum Gasteiger partial charge on any atom is 0.243 e. The zero-order valence-electron chi connectivity index (χ0n) is 14.9. The summed E-state index contributed by atoms with van der Waals surface area (Å²) in [4.78, 5) is 2.69. The topological polar surface area (TPSA) is 49.9 Å². The Labute approximate surface area is 145 Å². The number of hydrogen-bond acceptors (Lipinski definition) is 4. The van der Waals surface area contributed by atoms with E-state index in [1.165, 1.54) is 0 Å². The van der Waals surface area contributed by atoms with E-state index in [0.717, 1.165) is 37.9 Å². The van der Waals surface area contributed by atoms with Crippen LogP contribution in [-0.2, 0) is 14.8 Å². The predicted molar refractivity (Wildman–Crippen MR) is 94.6 cm³/mol. The van der Waals surface area contributed by atoms with Crippen LogP contribution in [0.2, 0.25) is 0 Å². The molecule has 6 heteroatoms. The zero-order chi connectivity index (χ0) is 17.4. The van der Waals surface area contributed by atoms with E-state index >= 15 is 0 Å². The molecule has 2 heterocycles. The van der Waals surface area contributed by atoms with Crippen molar-refractivity contribution in [2.45, 2.75) is 49.1 Å². The lowest BCUT2D eigenvalue weighted by molar-refractivity contribution is -0.123. The van der Waals surface area contributed by atoms with Crippen molar-refractivity contribution in [2.75, 3.05) is 33.8 Å². The quantitative estimate of drug-likeness (QED) is 0.837. The SMILES string of the molecule is Cc1ccccc1S(=O)(=O)N1CCC2(CC1)C[C@H](N(C)C)CCO2. The van der Waals surface area contributed by atoms with Gasteiger partial charge in [-0.15, -0.1) is 0 Å². The minimum atomic E-state index is -3.41. The van der Waals surface area contributed by atoms with Gasteiger partial charge in [-0.25, -0.2) is 8.42 Å². The fourth-order valence-electron chi connectivity index (χ4n) is 3.91. The number of hydrogen-bond donors (Lipinski definition) is 0. The third kappa shape index (κ3) is 3.38. The first-order valence-electron chi connectivity index (χ1n) is 8.70. The Hall–Kier alpha value is -0.950. The molecular formula is C18H28N2O3S. The summed E-state index contributed by atoms with van der Waals surface area (Å²) in [7, 11) is 0.815. The van der Waals surface area contributed by atoms with Gasteiger partial charge in [0.25, 0.3) is 0 Å². The number of rotatable bonds is 3. The maximum absolute atomic E-state index is 12.9. The van der Waals surface area contributed by atoms with E-state index < -0.39 is 10.0 Å². The van der Waals surface area contributed by atoms with E-state index in [0.29, 0.717) is 24.0 Å². The Balaban J connectivity index is 1.72. The van der Waals surface area contributed by atoms with Crippen molar-refractivity contribution < 1.29 is 13.2 Å². The highest BCUT2D eigenvalue weighted by Gasteiger charge is 2.43. The van der Waals surface area contributed by atoms with Crippen molar-refractivity contribution in [3.8, 4) is 0 Å². The highest BCUT2D eigenvalue weighted by molar-refractivity contribution is 7.89. The summed E-state index contributed by atoms with van der Waals surface area (Å²) >= 11 is 0. The van der Waals surface area contributed by atoms with Gasteiger partial charge >= 0.3 is 0 Å². The van der Waals surface area contributed by atoms with Crippen LogP contribution >= 0.6 is 0 Å². The molecule has 5 nitrogen and oxygen atoms in total. The molecule has 134 valence electrons. The van der Waals surface area contributed by atoms with E-state index in [1.54, 1.807) is 16.4 Å². The van der Waals surface area contributed by atoms with E-state index in [-0.39, 0.29) is 5.60 Å². The first-order chi connectivity index (χ1) is 11.3. The van der Waals surface area contributed by atoms with E-state index in [4.69, 9.17) is 4.74 Å². The third-order valence-corrected chi connectivity index (χ3v) is 7.60. The van der Waals surface area contributed by atoms with E-state index in [1.807, 2.05) is 19.1 Å². The van der Waals surface area contributed by atoms with Gasteiger partial charge in [-0.1, -0.05) is 18.2 Å². The normalized spacial score (nSPS) is 25.2. The smallest absolute Gasteiger partial charge is 0.243 e. The molecule has 1 spiro atoms. The molecule has 0 aliphatic carbocycles. The fourth-order valence-corrected chi connectivity index (χ4v) is 5.58. The second-order valence-corrected chi connectivity index (χ2v) is 9.22. The summed E-state index contributed by atoms with van der Waals surface area (Å²) in [5.41, 5.74) is 0.657. The summed E-state index contributed by atoms with van der Waals surface area (Å²) in [5.74, 6) is 0. The van der Waals surface area contributed by atoms with Crippen molar-refractivity contribution in [1.82, 2.24) is 9.21 Å². The van der Waals surface area contributed by atoms with Gasteiger partial charge in [0.2, 0.25) is 10.0 Å². The van der Waals surface area contributed by atoms with Crippen LogP contribution in [0.1, 0.15) is 31.2 Å². The van der Waals surface area contributed by atoms with Gasteiger partial charge in [-0.3, -0.25) is 0 Å². The fraction of sp³-hybridized carbons (Fsp3) is 0.667. The van der Waals surface area contributed by atoms with Gasteiger partial charge in [-0.2, -0.15) is 4.31 Å². The van der Waals surface area contributed by atoms with Gasteiger partial charge in [0.05, 0.1) is 10.5 Å². The largest absolute Gasteiger partial charge is 0.375 e. The average molecular weight is 353 g/mol. The van der Waals surface area contributed by atoms with E-state index in [2.05, 4.69) is 19.0 Å². The summed E-state index contributed by atoms with van der Waals surface area (Å²) in [6.07, 6.45) is 3.61. The lowest BCUT2D eigenvalue weighted by Gasteiger charge is -2.47. The number of sulfonamides is 1. The van der Waals surface area contributed by atoms with E-state index in [9.17, 15) is 8.42 Å². The molecule has 2 saturated heterocycles. The first kappa shape index (κ1) is 17.9. The summed E-state index contributed by atoms with van der Waals surface area (Å²) < 4.78 is 33.6.